The minimum atomic E-state index is -0.466. The highest BCUT2D eigenvalue weighted by molar-refractivity contribution is 7.14. The predicted octanol–water partition coefficient (Wildman–Crippen LogP) is 1.47. The van der Waals surface area contributed by atoms with E-state index < -0.39 is 5.92 Å². The second-order valence-corrected chi connectivity index (χ2v) is 8.73. The first kappa shape index (κ1) is 24.8. The van der Waals surface area contributed by atoms with Crippen molar-refractivity contribution in [2.45, 2.75) is 24.8 Å². The zero-order valence-corrected chi connectivity index (χ0v) is 19.5. The molecule has 11 heteroatoms. The van der Waals surface area contributed by atoms with Crippen molar-refractivity contribution in [2.24, 2.45) is 21.5 Å². The smallest absolute Gasteiger partial charge is 0.144 e. The molecular weight excluding hydrogens is 438 g/mol. The lowest BCUT2D eigenvalue weighted by Gasteiger charge is -2.25. The van der Waals surface area contributed by atoms with Crippen molar-refractivity contribution in [3.63, 3.8) is 0 Å². The third kappa shape index (κ3) is 6.57. The summed E-state index contributed by atoms with van der Waals surface area (Å²) in [5, 5.41) is 16.0. The van der Waals surface area contributed by atoms with E-state index in [4.69, 9.17) is 32.0 Å². The van der Waals surface area contributed by atoms with Gasteiger partial charge in [-0.15, -0.1) is 11.3 Å². The number of nitrogens with one attached hydrogen (secondary N) is 2. The molecule has 6 N–H and O–H groups in total. The number of nitrogens with two attached hydrogens (primary N) is 2. The number of nitrogens with zero attached hydrogens (tertiary/aromatic N) is 5. The second kappa shape index (κ2) is 12.4. The molecule has 3 atom stereocenters. The topological polar surface area (TPSA) is 163 Å². The molecule has 0 spiro atoms. The summed E-state index contributed by atoms with van der Waals surface area (Å²) in [5.74, 6) is -0.519. The van der Waals surface area contributed by atoms with Gasteiger partial charge >= 0.3 is 0 Å². The average molecular weight is 470 g/mol. The molecule has 0 aromatic carbocycles. The second-order valence-electron chi connectivity index (χ2n) is 7.70. The number of aromatic nitrogens is 2. The molecule has 0 bridgehead atoms. The minimum absolute atomic E-state index is 0.182. The standard InChI is InChI=1S/C22H31N9OS/c1-15(25)18(17-4-2-3-5-28-17)22-30-19(20(33-22)21(26)29-14-24)16(12-23)13-27-6-7-31-8-10-32-11-9-31/h2-5,12-16,18,23H,6-11,25H2,1H3,(H3,24,26,29). The van der Waals surface area contributed by atoms with Crippen LogP contribution in [-0.4, -0.2) is 84.9 Å². The lowest BCUT2D eigenvalue weighted by molar-refractivity contribution is 0.0394. The molecule has 3 heterocycles. The van der Waals surface area contributed by atoms with Crippen LogP contribution in [0.25, 0.3) is 0 Å². The van der Waals surface area contributed by atoms with E-state index in [1.165, 1.54) is 17.6 Å². The lowest BCUT2D eigenvalue weighted by atomic mass is 9.98. The van der Waals surface area contributed by atoms with Gasteiger partial charge in [0.05, 0.1) is 47.9 Å². The molecular formula is C22H31N9OS. The van der Waals surface area contributed by atoms with Crippen LogP contribution in [0.1, 0.15) is 40.0 Å². The number of aliphatic imine (C=N–C) groups is 2. The first-order valence-electron chi connectivity index (χ1n) is 10.9. The van der Waals surface area contributed by atoms with Crippen LogP contribution in [-0.2, 0) is 4.74 Å². The van der Waals surface area contributed by atoms with Crippen molar-refractivity contribution >= 4 is 35.9 Å². The fourth-order valence-electron chi connectivity index (χ4n) is 3.61. The van der Waals surface area contributed by atoms with Gasteiger partial charge in [-0.1, -0.05) is 6.07 Å². The Bertz CT molecular complexity index is 968. The summed E-state index contributed by atoms with van der Waals surface area (Å²) in [6.45, 7) is 6.69. The summed E-state index contributed by atoms with van der Waals surface area (Å²) in [4.78, 5) is 20.7. The molecule has 2 aromatic heterocycles. The van der Waals surface area contributed by atoms with Gasteiger partial charge in [-0.2, -0.15) is 0 Å². The molecule has 0 amide bonds. The van der Waals surface area contributed by atoms with Crippen molar-refractivity contribution < 1.29 is 4.74 Å². The van der Waals surface area contributed by atoms with Gasteiger partial charge in [-0.25, -0.2) is 9.98 Å². The average Bonchev–Trinajstić information content (AvgIpc) is 3.25. The molecule has 1 aliphatic heterocycles. The third-order valence-electron chi connectivity index (χ3n) is 5.31. The summed E-state index contributed by atoms with van der Waals surface area (Å²) >= 11 is 1.37. The highest BCUT2D eigenvalue weighted by Crippen LogP contribution is 2.33. The minimum Gasteiger partial charge on any atom is -0.382 e. The SMILES string of the molecule is CC(N)C(c1ccccn1)c1nc(C(C=N)C=NCCN2CCOCC2)c(C(N)=NC=N)s1. The molecule has 0 saturated carbocycles. The summed E-state index contributed by atoms with van der Waals surface area (Å²) in [6, 6.07) is 5.45. The van der Waals surface area contributed by atoms with Crippen LogP contribution in [0.5, 0.6) is 0 Å². The molecule has 0 aliphatic carbocycles. The number of rotatable bonds is 11. The maximum absolute atomic E-state index is 7.99. The zero-order chi connectivity index (χ0) is 23.6. The van der Waals surface area contributed by atoms with Crippen molar-refractivity contribution in [2.75, 3.05) is 39.4 Å². The van der Waals surface area contributed by atoms with Crippen LogP contribution >= 0.6 is 11.3 Å². The molecule has 33 heavy (non-hydrogen) atoms. The molecule has 0 radical (unpaired) electrons. The van der Waals surface area contributed by atoms with E-state index >= 15 is 0 Å². The van der Waals surface area contributed by atoms with Crippen LogP contribution < -0.4 is 11.5 Å². The van der Waals surface area contributed by atoms with Gasteiger partial charge in [0, 0.05) is 44.3 Å². The van der Waals surface area contributed by atoms with Crippen molar-refractivity contribution in [1.82, 2.24) is 14.9 Å². The van der Waals surface area contributed by atoms with E-state index in [1.807, 2.05) is 25.1 Å². The Balaban J connectivity index is 1.88. The molecule has 1 aliphatic rings. The summed E-state index contributed by atoms with van der Waals surface area (Å²) in [5.41, 5.74) is 13.9. The first-order chi connectivity index (χ1) is 16.0. The third-order valence-corrected chi connectivity index (χ3v) is 6.49. The maximum Gasteiger partial charge on any atom is 0.144 e. The fraction of sp³-hybridized carbons (Fsp3) is 0.455. The summed E-state index contributed by atoms with van der Waals surface area (Å²) in [6.07, 6.45) is 5.65. The fourth-order valence-corrected chi connectivity index (χ4v) is 4.86. The highest BCUT2D eigenvalue weighted by Gasteiger charge is 2.28. The number of ether oxygens (including phenoxy) is 1. The van der Waals surface area contributed by atoms with E-state index in [-0.39, 0.29) is 17.8 Å². The number of hydrogen-bond donors (Lipinski definition) is 4. The normalized spacial score (nSPS) is 18.2. The Morgan fingerprint density at radius 1 is 1.33 bits per heavy atom. The number of amidine groups is 1. The first-order valence-corrected chi connectivity index (χ1v) is 11.7. The Morgan fingerprint density at radius 3 is 2.76 bits per heavy atom. The van der Waals surface area contributed by atoms with E-state index in [1.54, 1.807) is 12.4 Å². The number of pyridine rings is 1. The van der Waals surface area contributed by atoms with Crippen molar-refractivity contribution in [3.8, 4) is 0 Å². The Hall–Kier alpha value is -2.86. The molecule has 3 unspecified atom stereocenters. The summed E-state index contributed by atoms with van der Waals surface area (Å²) < 4.78 is 5.38. The Morgan fingerprint density at radius 2 is 2.12 bits per heavy atom. The van der Waals surface area contributed by atoms with Crippen LogP contribution in [0, 0.1) is 10.8 Å². The lowest BCUT2D eigenvalue weighted by Crippen LogP contribution is -2.37. The predicted molar refractivity (Wildman–Crippen MR) is 133 cm³/mol. The van der Waals surface area contributed by atoms with Gasteiger partial charge in [-0.05, 0) is 19.1 Å². The largest absolute Gasteiger partial charge is 0.382 e. The van der Waals surface area contributed by atoms with E-state index in [0.717, 1.165) is 49.9 Å². The number of morpholine rings is 1. The van der Waals surface area contributed by atoms with E-state index in [2.05, 4.69) is 19.9 Å². The summed E-state index contributed by atoms with van der Waals surface area (Å²) in [7, 11) is 0. The molecule has 1 fully saturated rings. The molecule has 10 nitrogen and oxygen atoms in total. The molecule has 3 rings (SSSR count). The molecule has 2 aromatic rings. The van der Waals surface area contributed by atoms with E-state index in [0.29, 0.717) is 17.1 Å². The quantitative estimate of drug-likeness (QED) is 0.287. The van der Waals surface area contributed by atoms with Gasteiger partial charge in [0.25, 0.3) is 0 Å². The van der Waals surface area contributed by atoms with Crippen LogP contribution in [0.2, 0.25) is 0 Å². The van der Waals surface area contributed by atoms with Crippen LogP contribution in [0.4, 0.5) is 0 Å². The monoisotopic (exact) mass is 469 g/mol. The molecule has 176 valence electrons. The number of thiazole rings is 1. The Kier molecular flexibility index (Phi) is 9.31. The van der Waals surface area contributed by atoms with Gasteiger partial charge in [-0.3, -0.25) is 20.3 Å². The van der Waals surface area contributed by atoms with Crippen LogP contribution in [0.15, 0.2) is 34.4 Å². The number of hydrogen-bond acceptors (Lipinski definition) is 9. The zero-order valence-electron chi connectivity index (χ0n) is 18.7. The molecule has 1 saturated heterocycles. The van der Waals surface area contributed by atoms with Gasteiger partial charge in [0.2, 0.25) is 0 Å². The van der Waals surface area contributed by atoms with Crippen molar-refractivity contribution in [1.29, 1.82) is 10.8 Å². The van der Waals surface area contributed by atoms with Crippen LogP contribution in [0.3, 0.4) is 0 Å². The maximum atomic E-state index is 7.99. The Labute approximate surface area is 197 Å². The highest BCUT2D eigenvalue weighted by atomic mass is 32.1. The van der Waals surface area contributed by atoms with Gasteiger partial charge in [0.15, 0.2) is 0 Å². The van der Waals surface area contributed by atoms with Crippen molar-refractivity contribution in [3.05, 3.63) is 45.7 Å². The van der Waals surface area contributed by atoms with Gasteiger partial charge in [0.1, 0.15) is 17.2 Å². The van der Waals surface area contributed by atoms with E-state index in [9.17, 15) is 0 Å². The van der Waals surface area contributed by atoms with Gasteiger partial charge < -0.3 is 21.6 Å².